The standard InChI is InChI=1S/C18H23N3O3/c1-12-10-21-11-14(5-7-17(21)19-12)20-18(22)8-13-4-6-15(23-2)9-16(13)24-3/h4,6,9-10,14H,5,7-8,11H2,1-3H3,(H,20,22)/t14-/m1/s1. The number of nitrogens with zero attached hydrogens (tertiary/aromatic N) is 2. The van der Waals surface area contributed by atoms with Crippen molar-refractivity contribution in [1.82, 2.24) is 14.9 Å². The molecular weight excluding hydrogens is 306 g/mol. The molecule has 0 radical (unpaired) electrons. The summed E-state index contributed by atoms with van der Waals surface area (Å²) in [6.07, 6.45) is 4.15. The van der Waals surface area contributed by atoms with Gasteiger partial charge < -0.3 is 19.4 Å². The number of hydrogen-bond acceptors (Lipinski definition) is 4. The van der Waals surface area contributed by atoms with Crippen LogP contribution in [0.1, 0.15) is 23.5 Å². The maximum Gasteiger partial charge on any atom is 0.224 e. The van der Waals surface area contributed by atoms with Gasteiger partial charge in [0.25, 0.3) is 0 Å². The largest absolute Gasteiger partial charge is 0.497 e. The molecule has 1 N–H and O–H groups in total. The molecule has 1 atom stereocenters. The van der Waals surface area contributed by atoms with E-state index in [1.807, 2.05) is 25.3 Å². The van der Waals surface area contributed by atoms with Gasteiger partial charge in [-0.1, -0.05) is 6.07 Å². The minimum Gasteiger partial charge on any atom is -0.497 e. The van der Waals surface area contributed by atoms with Crippen LogP contribution in [0.4, 0.5) is 0 Å². The van der Waals surface area contributed by atoms with Gasteiger partial charge in [-0.25, -0.2) is 4.98 Å². The van der Waals surface area contributed by atoms with E-state index < -0.39 is 0 Å². The van der Waals surface area contributed by atoms with Crippen molar-refractivity contribution in [1.29, 1.82) is 0 Å². The van der Waals surface area contributed by atoms with Crippen molar-refractivity contribution in [3.63, 3.8) is 0 Å². The highest BCUT2D eigenvalue weighted by atomic mass is 16.5. The Kier molecular flexibility index (Phi) is 4.74. The van der Waals surface area contributed by atoms with Crippen molar-refractivity contribution < 1.29 is 14.3 Å². The van der Waals surface area contributed by atoms with E-state index >= 15 is 0 Å². The van der Waals surface area contributed by atoms with Gasteiger partial charge in [0.05, 0.1) is 26.3 Å². The van der Waals surface area contributed by atoms with E-state index in [0.29, 0.717) is 17.9 Å². The molecule has 0 saturated heterocycles. The molecule has 128 valence electrons. The van der Waals surface area contributed by atoms with E-state index in [0.717, 1.165) is 36.5 Å². The van der Waals surface area contributed by atoms with E-state index in [1.54, 1.807) is 20.3 Å². The highest BCUT2D eigenvalue weighted by Gasteiger charge is 2.21. The number of carbonyl (C=O) groups excluding carboxylic acids is 1. The molecule has 0 unspecified atom stereocenters. The molecule has 0 aliphatic carbocycles. The Balaban J connectivity index is 1.62. The van der Waals surface area contributed by atoms with Crippen LogP contribution in [-0.4, -0.2) is 35.7 Å². The molecule has 1 aliphatic heterocycles. The summed E-state index contributed by atoms with van der Waals surface area (Å²) in [5, 5.41) is 3.12. The van der Waals surface area contributed by atoms with Gasteiger partial charge >= 0.3 is 0 Å². The minimum atomic E-state index is 0.00348. The van der Waals surface area contributed by atoms with Crippen LogP contribution in [0.25, 0.3) is 0 Å². The smallest absolute Gasteiger partial charge is 0.224 e. The summed E-state index contributed by atoms with van der Waals surface area (Å²) in [6.45, 7) is 2.77. The van der Waals surface area contributed by atoms with Crippen LogP contribution in [-0.2, 0) is 24.2 Å². The minimum absolute atomic E-state index is 0.00348. The molecule has 6 heteroatoms. The zero-order valence-electron chi connectivity index (χ0n) is 14.3. The maximum atomic E-state index is 12.4. The van der Waals surface area contributed by atoms with Gasteiger partial charge in [0, 0.05) is 36.8 Å². The normalized spacial score (nSPS) is 16.4. The fraction of sp³-hybridized carbons (Fsp3) is 0.444. The first-order valence-electron chi connectivity index (χ1n) is 8.12. The number of ether oxygens (including phenoxy) is 2. The third-order valence-electron chi connectivity index (χ3n) is 4.32. The van der Waals surface area contributed by atoms with Crippen LogP contribution in [0.3, 0.4) is 0 Å². The second-order valence-electron chi connectivity index (χ2n) is 6.11. The van der Waals surface area contributed by atoms with Gasteiger partial charge in [-0.2, -0.15) is 0 Å². The van der Waals surface area contributed by atoms with Crippen LogP contribution in [0.5, 0.6) is 11.5 Å². The topological polar surface area (TPSA) is 65.4 Å². The highest BCUT2D eigenvalue weighted by Crippen LogP contribution is 2.25. The van der Waals surface area contributed by atoms with Crippen LogP contribution in [0.15, 0.2) is 24.4 Å². The lowest BCUT2D eigenvalue weighted by Crippen LogP contribution is -2.41. The molecule has 6 nitrogen and oxygen atoms in total. The van der Waals surface area contributed by atoms with Crippen LogP contribution in [0.2, 0.25) is 0 Å². The lowest BCUT2D eigenvalue weighted by molar-refractivity contribution is -0.121. The van der Waals surface area contributed by atoms with Crippen LogP contribution < -0.4 is 14.8 Å². The Bertz CT molecular complexity index is 739. The molecule has 24 heavy (non-hydrogen) atoms. The van der Waals surface area contributed by atoms with Gasteiger partial charge in [0.2, 0.25) is 5.91 Å². The lowest BCUT2D eigenvalue weighted by atomic mass is 10.1. The monoisotopic (exact) mass is 329 g/mol. The van der Waals surface area contributed by atoms with E-state index in [4.69, 9.17) is 9.47 Å². The summed E-state index contributed by atoms with van der Waals surface area (Å²) in [4.78, 5) is 16.9. The number of hydrogen-bond donors (Lipinski definition) is 1. The number of fused-ring (bicyclic) bond motifs is 1. The number of aromatic nitrogens is 2. The summed E-state index contributed by atoms with van der Waals surface area (Å²) in [5.41, 5.74) is 1.88. The Labute approximate surface area is 141 Å². The first-order chi connectivity index (χ1) is 11.6. The Morgan fingerprint density at radius 2 is 2.21 bits per heavy atom. The van der Waals surface area contributed by atoms with Gasteiger partial charge in [0.15, 0.2) is 0 Å². The molecule has 0 saturated carbocycles. The van der Waals surface area contributed by atoms with Crippen molar-refractivity contribution in [2.24, 2.45) is 0 Å². The number of aryl methyl sites for hydroxylation is 2. The van der Waals surface area contributed by atoms with E-state index in [1.165, 1.54) is 0 Å². The fourth-order valence-electron chi connectivity index (χ4n) is 3.15. The van der Waals surface area contributed by atoms with Crippen molar-refractivity contribution in [2.45, 2.75) is 38.8 Å². The molecule has 0 bridgehead atoms. The van der Waals surface area contributed by atoms with Gasteiger partial charge in [0.1, 0.15) is 17.3 Å². The molecule has 3 rings (SSSR count). The van der Waals surface area contributed by atoms with Crippen molar-refractivity contribution >= 4 is 5.91 Å². The fourth-order valence-corrected chi connectivity index (χ4v) is 3.15. The Morgan fingerprint density at radius 3 is 2.96 bits per heavy atom. The quantitative estimate of drug-likeness (QED) is 0.910. The van der Waals surface area contributed by atoms with Crippen molar-refractivity contribution in [3.05, 3.63) is 41.5 Å². The molecule has 2 heterocycles. The third kappa shape index (κ3) is 3.53. The molecule has 0 spiro atoms. The van der Waals surface area contributed by atoms with Crippen molar-refractivity contribution in [3.8, 4) is 11.5 Å². The molecule has 0 fully saturated rings. The molecule has 1 aliphatic rings. The van der Waals surface area contributed by atoms with Crippen LogP contribution >= 0.6 is 0 Å². The number of methoxy groups -OCH3 is 2. The first-order valence-corrected chi connectivity index (χ1v) is 8.12. The molecular formula is C18H23N3O3. The van der Waals surface area contributed by atoms with Crippen molar-refractivity contribution in [2.75, 3.05) is 14.2 Å². The predicted octanol–water partition coefficient (Wildman–Crippen LogP) is 1.88. The summed E-state index contributed by atoms with van der Waals surface area (Å²) < 4.78 is 12.7. The second kappa shape index (κ2) is 6.95. The average Bonchev–Trinajstić information content (AvgIpc) is 2.94. The number of imidazole rings is 1. The summed E-state index contributed by atoms with van der Waals surface area (Å²) in [7, 11) is 3.20. The molecule has 1 aromatic heterocycles. The number of carbonyl (C=O) groups is 1. The predicted molar refractivity (Wildman–Crippen MR) is 90.5 cm³/mol. The summed E-state index contributed by atoms with van der Waals surface area (Å²) in [5.74, 6) is 2.49. The van der Waals surface area contributed by atoms with E-state index in [9.17, 15) is 4.79 Å². The maximum absolute atomic E-state index is 12.4. The zero-order chi connectivity index (χ0) is 17.1. The number of benzene rings is 1. The summed E-state index contributed by atoms with van der Waals surface area (Å²) >= 11 is 0. The van der Waals surface area contributed by atoms with Gasteiger partial charge in [-0.05, 0) is 19.4 Å². The lowest BCUT2D eigenvalue weighted by Gasteiger charge is -2.24. The van der Waals surface area contributed by atoms with Crippen LogP contribution in [0, 0.1) is 6.92 Å². The van der Waals surface area contributed by atoms with E-state index in [-0.39, 0.29) is 11.9 Å². The number of nitrogens with one attached hydrogen (secondary N) is 1. The van der Waals surface area contributed by atoms with Gasteiger partial charge in [-0.15, -0.1) is 0 Å². The second-order valence-corrected chi connectivity index (χ2v) is 6.11. The molecule has 2 aromatic rings. The average molecular weight is 329 g/mol. The van der Waals surface area contributed by atoms with Gasteiger partial charge in [-0.3, -0.25) is 4.79 Å². The zero-order valence-corrected chi connectivity index (χ0v) is 14.3. The first kappa shape index (κ1) is 16.4. The Hall–Kier alpha value is -2.50. The molecule has 1 aromatic carbocycles. The van der Waals surface area contributed by atoms with E-state index in [2.05, 4.69) is 14.9 Å². The molecule has 1 amide bonds. The third-order valence-corrected chi connectivity index (χ3v) is 4.32. The highest BCUT2D eigenvalue weighted by molar-refractivity contribution is 5.79. The Morgan fingerprint density at radius 1 is 1.38 bits per heavy atom. The SMILES string of the molecule is COc1ccc(CC(=O)N[C@@H]2CCc3nc(C)cn3C2)c(OC)c1. The number of amides is 1. The number of rotatable bonds is 5. The summed E-state index contributed by atoms with van der Waals surface area (Å²) in [6, 6.07) is 5.65.